The number of carbonyl (C=O) groups excluding carboxylic acids is 1. The van der Waals surface area contributed by atoms with E-state index in [2.05, 4.69) is 5.32 Å². The molecule has 1 amide bonds. The van der Waals surface area contributed by atoms with E-state index in [4.69, 9.17) is 21.1 Å². The summed E-state index contributed by atoms with van der Waals surface area (Å²) in [7, 11) is 1.51. The van der Waals surface area contributed by atoms with Crippen LogP contribution in [0.25, 0.3) is 0 Å². The summed E-state index contributed by atoms with van der Waals surface area (Å²) in [4.78, 5) is 11.8. The predicted octanol–water partition coefficient (Wildman–Crippen LogP) is 3.90. The number of amides is 1. The Morgan fingerprint density at radius 1 is 1.23 bits per heavy atom. The average Bonchev–Trinajstić information content (AvgIpc) is 2.49. The van der Waals surface area contributed by atoms with Crippen LogP contribution < -0.4 is 14.8 Å². The number of rotatable bonds is 6. The molecule has 6 heteroatoms. The topological polar surface area (TPSA) is 47.6 Å². The van der Waals surface area contributed by atoms with Crippen molar-refractivity contribution in [2.45, 2.75) is 6.42 Å². The van der Waals surface area contributed by atoms with Gasteiger partial charge in [0, 0.05) is 5.69 Å². The summed E-state index contributed by atoms with van der Waals surface area (Å²) in [6, 6.07) is 11.0. The molecule has 0 bridgehead atoms. The van der Waals surface area contributed by atoms with Crippen LogP contribution in [0, 0.1) is 5.82 Å². The third-order valence-corrected chi connectivity index (χ3v) is 3.15. The van der Waals surface area contributed by atoms with E-state index >= 15 is 0 Å². The molecule has 22 heavy (non-hydrogen) atoms. The van der Waals surface area contributed by atoms with E-state index < -0.39 is 5.82 Å². The Morgan fingerprint density at radius 2 is 2.00 bits per heavy atom. The summed E-state index contributed by atoms with van der Waals surface area (Å²) in [5.41, 5.74) is 0.557. The number of nitrogens with one attached hydrogen (secondary N) is 1. The first kappa shape index (κ1) is 16.1. The van der Waals surface area contributed by atoms with Crippen molar-refractivity contribution in [1.82, 2.24) is 0 Å². The normalized spacial score (nSPS) is 10.1. The lowest BCUT2D eigenvalue weighted by Gasteiger charge is -2.09. The van der Waals surface area contributed by atoms with Crippen molar-refractivity contribution in [3.8, 4) is 11.5 Å². The molecule has 0 aromatic heterocycles. The van der Waals surface area contributed by atoms with Gasteiger partial charge in [0.1, 0.15) is 5.75 Å². The van der Waals surface area contributed by atoms with Crippen molar-refractivity contribution >= 4 is 23.2 Å². The number of benzene rings is 2. The van der Waals surface area contributed by atoms with E-state index in [-0.39, 0.29) is 24.7 Å². The first-order valence-electron chi connectivity index (χ1n) is 6.61. The lowest BCUT2D eigenvalue weighted by molar-refractivity contribution is -0.116. The Kier molecular flexibility index (Phi) is 5.61. The van der Waals surface area contributed by atoms with Gasteiger partial charge in [0.15, 0.2) is 11.6 Å². The Labute approximate surface area is 132 Å². The van der Waals surface area contributed by atoms with Crippen LogP contribution in [-0.4, -0.2) is 19.6 Å². The minimum absolute atomic E-state index is 0.0800. The molecule has 2 rings (SSSR count). The quantitative estimate of drug-likeness (QED) is 0.877. The van der Waals surface area contributed by atoms with Gasteiger partial charge >= 0.3 is 0 Å². The highest BCUT2D eigenvalue weighted by Gasteiger charge is 2.07. The molecular weight excluding hydrogens is 309 g/mol. The van der Waals surface area contributed by atoms with Gasteiger partial charge in [0.2, 0.25) is 5.91 Å². The van der Waals surface area contributed by atoms with Gasteiger partial charge < -0.3 is 14.8 Å². The molecule has 0 aliphatic carbocycles. The molecule has 2 aromatic rings. The summed E-state index contributed by atoms with van der Waals surface area (Å²) in [6.07, 6.45) is 0.0952. The number of anilines is 1. The molecule has 0 saturated carbocycles. The van der Waals surface area contributed by atoms with Crippen molar-refractivity contribution in [3.05, 3.63) is 53.3 Å². The molecule has 0 saturated heterocycles. The summed E-state index contributed by atoms with van der Waals surface area (Å²) in [5.74, 6) is -0.0484. The second kappa shape index (κ2) is 7.66. The Morgan fingerprint density at radius 3 is 2.68 bits per heavy atom. The second-order valence-electron chi connectivity index (χ2n) is 4.43. The van der Waals surface area contributed by atoms with E-state index in [9.17, 15) is 9.18 Å². The summed E-state index contributed by atoms with van der Waals surface area (Å²) in [6.45, 7) is 0.0800. The maximum atomic E-state index is 13.3. The maximum absolute atomic E-state index is 13.3. The Balaban J connectivity index is 1.83. The molecule has 0 heterocycles. The van der Waals surface area contributed by atoms with E-state index in [0.717, 1.165) is 0 Å². The zero-order chi connectivity index (χ0) is 15.9. The van der Waals surface area contributed by atoms with Crippen LogP contribution in [0.15, 0.2) is 42.5 Å². The van der Waals surface area contributed by atoms with Gasteiger partial charge in [0.05, 0.1) is 25.2 Å². The second-order valence-corrected chi connectivity index (χ2v) is 4.83. The average molecular weight is 324 g/mol. The number of ether oxygens (including phenoxy) is 2. The third-order valence-electron chi connectivity index (χ3n) is 2.86. The smallest absolute Gasteiger partial charge is 0.227 e. The number of hydrogen-bond acceptors (Lipinski definition) is 3. The number of halogens is 2. The van der Waals surface area contributed by atoms with Crippen molar-refractivity contribution < 1.29 is 18.7 Å². The minimum atomic E-state index is -0.454. The molecule has 0 spiro atoms. The van der Waals surface area contributed by atoms with E-state index in [1.165, 1.54) is 19.2 Å². The lowest BCUT2D eigenvalue weighted by Crippen LogP contribution is -2.15. The largest absolute Gasteiger partial charge is 0.495 e. The maximum Gasteiger partial charge on any atom is 0.227 e. The monoisotopic (exact) mass is 323 g/mol. The molecule has 4 nitrogen and oxygen atoms in total. The molecule has 2 aromatic carbocycles. The molecule has 0 aliphatic heterocycles. The van der Waals surface area contributed by atoms with E-state index in [1.807, 2.05) is 0 Å². The van der Waals surface area contributed by atoms with Crippen LogP contribution in [0.3, 0.4) is 0 Å². The number of hydrogen-bond donors (Lipinski definition) is 1. The first-order chi connectivity index (χ1) is 10.6. The molecule has 1 N–H and O–H groups in total. The molecule has 0 radical (unpaired) electrons. The summed E-state index contributed by atoms with van der Waals surface area (Å²) in [5, 5.41) is 3.09. The number of carbonyl (C=O) groups is 1. The molecule has 0 unspecified atom stereocenters. The third kappa shape index (κ3) is 4.36. The van der Waals surface area contributed by atoms with Crippen molar-refractivity contribution in [2.24, 2.45) is 0 Å². The fraction of sp³-hybridized carbons (Fsp3) is 0.188. The van der Waals surface area contributed by atoms with Crippen molar-refractivity contribution in [3.63, 3.8) is 0 Å². The Hall–Kier alpha value is -2.27. The van der Waals surface area contributed by atoms with E-state index in [0.29, 0.717) is 16.5 Å². The zero-order valence-corrected chi connectivity index (χ0v) is 12.7. The molecule has 0 atom stereocenters. The predicted molar refractivity (Wildman–Crippen MR) is 83.1 cm³/mol. The standard InChI is InChI=1S/C16H15ClFNO3/c1-21-14-7-6-11(10-12(14)17)19-16(20)8-9-22-15-5-3-2-4-13(15)18/h2-7,10H,8-9H2,1H3,(H,19,20). The van der Waals surface area contributed by atoms with Crippen LogP contribution in [-0.2, 0) is 4.79 Å². The molecule has 0 fully saturated rings. The first-order valence-corrected chi connectivity index (χ1v) is 6.98. The van der Waals surface area contributed by atoms with Crippen molar-refractivity contribution in [1.29, 1.82) is 0 Å². The highest BCUT2D eigenvalue weighted by atomic mass is 35.5. The number of methoxy groups -OCH3 is 1. The van der Waals surface area contributed by atoms with Crippen molar-refractivity contribution in [2.75, 3.05) is 19.0 Å². The lowest BCUT2D eigenvalue weighted by atomic mass is 10.3. The van der Waals surface area contributed by atoms with Crippen LogP contribution in [0.1, 0.15) is 6.42 Å². The molecular formula is C16H15ClFNO3. The summed E-state index contributed by atoms with van der Waals surface area (Å²) < 4.78 is 23.6. The van der Waals surface area contributed by atoms with Gasteiger partial charge in [-0.2, -0.15) is 0 Å². The van der Waals surface area contributed by atoms with Gasteiger partial charge in [-0.05, 0) is 30.3 Å². The van der Waals surface area contributed by atoms with Gasteiger partial charge in [-0.1, -0.05) is 23.7 Å². The van der Waals surface area contributed by atoms with Gasteiger partial charge in [-0.15, -0.1) is 0 Å². The summed E-state index contributed by atoms with van der Waals surface area (Å²) >= 11 is 5.97. The van der Waals surface area contributed by atoms with Crippen LogP contribution in [0.2, 0.25) is 5.02 Å². The number of para-hydroxylation sites is 1. The van der Waals surface area contributed by atoms with Gasteiger partial charge in [0.25, 0.3) is 0 Å². The SMILES string of the molecule is COc1ccc(NC(=O)CCOc2ccccc2F)cc1Cl. The highest BCUT2D eigenvalue weighted by molar-refractivity contribution is 6.32. The van der Waals surface area contributed by atoms with Crippen LogP contribution in [0.5, 0.6) is 11.5 Å². The van der Waals surface area contributed by atoms with Gasteiger partial charge in [-0.3, -0.25) is 4.79 Å². The molecule has 0 aliphatic rings. The fourth-order valence-electron chi connectivity index (χ4n) is 1.78. The van der Waals surface area contributed by atoms with Crippen LogP contribution in [0.4, 0.5) is 10.1 Å². The van der Waals surface area contributed by atoms with Gasteiger partial charge in [-0.25, -0.2) is 4.39 Å². The highest BCUT2D eigenvalue weighted by Crippen LogP contribution is 2.27. The Bertz CT molecular complexity index is 664. The zero-order valence-electron chi connectivity index (χ0n) is 11.9. The fourth-order valence-corrected chi connectivity index (χ4v) is 2.04. The minimum Gasteiger partial charge on any atom is -0.495 e. The van der Waals surface area contributed by atoms with E-state index in [1.54, 1.807) is 30.3 Å². The van der Waals surface area contributed by atoms with Crippen LogP contribution >= 0.6 is 11.6 Å². The molecule has 116 valence electrons.